The highest BCUT2D eigenvalue weighted by Crippen LogP contribution is 2.44. The third-order valence-corrected chi connectivity index (χ3v) is 6.59. The molecule has 1 unspecified atom stereocenters. The number of aliphatic hydroxyl groups is 1. The van der Waals surface area contributed by atoms with Crippen molar-refractivity contribution in [3.8, 4) is 0 Å². The lowest BCUT2D eigenvalue weighted by molar-refractivity contribution is -0.117. The van der Waals surface area contributed by atoms with Crippen LogP contribution < -0.4 is 4.90 Å². The van der Waals surface area contributed by atoms with E-state index in [4.69, 9.17) is 16.0 Å². The van der Waals surface area contributed by atoms with Crippen LogP contribution in [0.2, 0.25) is 5.02 Å². The largest absolute Gasteiger partial charge is 0.503 e. The Morgan fingerprint density at radius 1 is 1.06 bits per heavy atom. The van der Waals surface area contributed by atoms with Crippen molar-refractivity contribution in [2.45, 2.75) is 13.0 Å². The van der Waals surface area contributed by atoms with Crippen LogP contribution in [0.1, 0.15) is 27.7 Å². The third kappa shape index (κ3) is 3.33. The number of rotatable bonds is 4. The topological polar surface area (TPSA) is 86.5 Å². The number of anilines is 1. The predicted octanol–water partition coefficient (Wildman–Crippen LogP) is 6.66. The molecule has 6 nitrogen and oxygen atoms in total. The monoisotopic (exact) mass is 482 g/mol. The second-order valence-corrected chi connectivity index (χ2v) is 9.03. The quantitative estimate of drug-likeness (QED) is 0.280. The number of furan rings is 1. The van der Waals surface area contributed by atoms with Crippen LogP contribution in [0.15, 0.2) is 94.7 Å². The minimum atomic E-state index is -0.857. The first-order chi connectivity index (χ1) is 16.9. The number of hydrogen-bond acceptors (Lipinski definition) is 4. The molecule has 0 radical (unpaired) electrons. The van der Waals surface area contributed by atoms with Gasteiger partial charge in [-0.05, 0) is 55.0 Å². The van der Waals surface area contributed by atoms with E-state index in [0.717, 1.165) is 16.5 Å². The molecule has 0 saturated carbocycles. The minimum absolute atomic E-state index is 0.0209. The summed E-state index contributed by atoms with van der Waals surface area (Å²) in [5.74, 6) is -1.78. The first-order valence-corrected chi connectivity index (χ1v) is 11.4. The van der Waals surface area contributed by atoms with Crippen molar-refractivity contribution in [3.05, 3.63) is 112 Å². The number of fused-ring (bicyclic) bond motifs is 2. The molecule has 5 aromatic rings. The molecule has 3 aromatic carbocycles. The number of aromatic amines is 1. The minimum Gasteiger partial charge on any atom is -0.503 e. The van der Waals surface area contributed by atoms with Gasteiger partial charge in [0, 0.05) is 38.8 Å². The van der Waals surface area contributed by atoms with E-state index in [9.17, 15) is 14.7 Å². The number of carbonyl (C=O) groups excluding carboxylic acids is 2. The van der Waals surface area contributed by atoms with Crippen LogP contribution in [0.4, 0.5) is 5.69 Å². The zero-order valence-corrected chi connectivity index (χ0v) is 19.3. The van der Waals surface area contributed by atoms with Gasteiger partial charge in [0.25, 0.3) is 5.91 Å². The Kier molecular flexibility index (Phi) is 4.79. The molecule has 0 fully saturated rings. The number of aromatic nitrogens is 1. The summed E-state index contributed by atoms with van der Waals surface area (Å²) in [7, 11) is 0. The Labute approximate surface area is 205 Å². The molecule has 0 aliphatic carbocycles. The van der Waals surface area contributed by atoms with Gasteiger partial charge in [-0.1, -0.05) is 41.9 Å². The fourth-order valence-corrected chi connectivity index (χ4v) is 4.94. The van der Waals surface area contributed by atoms with Crippen molar-refractivity contribution in [2.75, 3.05) is 4.90 Å². The molecule has 7 heteroatoms. The Bertz CT molecular complexity index is 1690. The van der Waals surface area contributed by atoms with E-state index in [1.54, 1.807) is 36.5 Å². The zero-order valence-electron chi connectivity index (χ0n) is 18.6. The Balaban J connectivity index is 1.55. The number of hydrogen-bond donors (Lipinski definition) is 2. The molecule has 35 heavy (non-hydrogen) atoms. The molecule has 1 atom stereocenters. The second kappa shape index (κ2) is 7.89. The summed E-state index contributed by atoms with van der Waals surface area (Å²) in [5.41, 5.74) is 3.53. The van der Waals surface area contributed by atoms with Gasteiger partial charge in [0.1, 0.15) is 5.58 Å². The second-order valence-electron chi connectivity index (χ2n) is 8.59. The number of para-hydroxylation sites is 1. The molecule has 1 aliphatic rings. The highest BCUT2D eigenvalue weighted by Gasteiger charge is 2.46. The summed E-state index contributed by atoms with van der Waals surface area (Å²) in [5, 5.41) is 13.1. The molecule has 172 valence electrons. The van der Waals surface area contributed by atoms with Crippen LogP contribution in [0.3, 0.4) is 0 Å². The molecule has 1 amide bonds. The number of amides is 1. The average molecular weight is 483 g/mol. The molecular weight excluding hydrogens is 464 g/mol. The van der Waals surface area contributed by atoms with Gasteiger partial charge in [0.05, 0.1) is 11.6 Å². The van der Waals surface area contributed by atoms with Gasteiger partial charge in [-0.2, -0.15) is 0 Å². The van der Waals surface area contributed by atoms with Crippen LogP contribution in [0.25, 0.3) is 21.9 Å². The van der Waals surface area contributed by atoms with Crippen LogP contribution >= 0.6 is 11.6 Å². The van der Waals surface area contributed by atoms with Gasteiger partial charge < -0.3 is 14.5 Å². The summed E-state index contributed by atoms with van der Waals surface area (Å²) < 4.78 is 5.80. The highest BCUT2D eigenvalue weighted by atomic mass is 35.5. The standard InChI is InChI=1S/C28H19ClN2O4/c1-15-5-4-6-18(11-15)31-25(20-14-30-21-8-3-2-7-19(20)21)24(27(33)28(31)34)26(32)23-13-16-12-17(29)9-10-22(16)35-23/h2-14,25,30,33H,1H3. The number of aryl methyl sites for hydroxylation is 1. The lowest BCUT2D eigenvalue weighted by Gasteiger charge is -2.26. The van der Waals surface area contributed by atoms with E-state index in [0.29, 0.717) is 27.2 Å². The fourth-order valence-electron chi connectivity index (χ4n) is 4.75. The average Bonchev–Trinajstić information content (AvgIpc) is 3.53. The maximum absolute atomic E-state index is 13.8. The normalized spacial score (nSPS) is 16.1. The number of halogens is 1. The summed E-state index contributed by atoms with van der Waals surface area (Å²) in [6.45, 7) is 1.92. The van der Waals surface area contributed by atoms with Gasteiger partial charge in [0.15, 0.2) is 11.5 Å². The summed E-state index contributed by atoms with van der Waals surface area (Å²) >= 11 is 6.09. The molecule has 0 bridgehead atoms. The van der Waals surface area contributed by atoms with E-state index >= 15 is 0 Å². The Hall–Kier alpha value is -4.29. The van der Waals surface area contributed by atoms with Crippen molar-refractivity contribution >= 4 is 50.9 Å². The Morgan fingerprint density at radius 3 is 2.71 bits per heavy atom. The number of aliphatic hydroxyl groups excluding tert-OH is 1. The predicted molar refractivity (Wildman–Crippen MR) is 135 cm³/mol. The lowest BCUT2D eigenvalue weighted by Crippen LogP contribution is -2.31. The smallest absolute Gasteiger partial charge is 0.294 e. The van der Waals surface area contributed by atoms with E-state index in [2.05, 4.69) is 4.98 Å². The molecule has 3 heterocycles. The number of benzene rings is 3. The SMILES string of the molecule is Cc1cccc(N2C(=O)C(O)=C(C(=O)c3cc4cc(Cl)ccc4o3)C2c2c[nH]c3ccccc23)c1. The van der Waals surface area contributed by atoms with Gasteiger partial charge in [-0.25, -0.2) is 0 Å². The van der Waals surface area contributed by atoms with E-state index in [1.165, 1.54) is 4.90 Å². The molecule has 0 spiro atoms. The first kappa shape index (κ1) is 21.3. The molecule has 2 aromatic heterocycles. The summed E-state index contributed by atoms with van der Waals surface area (Å²) in [6.07, 6.45) is 1.77. The Morgan fingerprint density at radius 2 is 1.89 bits per heavy atom. The van der Waals surface area contributed by atoms with Crippen molar-refractivity contribution in [1.29, 1.82) is 0 Å². The van der Waals surface area contributed by atoms with Crippen molar-refractivity contribution in [1.82, 2.24) is 4.98 Å². The van der Waals surface area contributed by atoms with E-state index in [-0.39, 0.29) is 11.3 Å². The van der Waals surface area contributed by atoms with E-state index in [1.807, 2.05) is 49.4 Å². The van der Waals surface area contributed by atoms with Crippen LogP contribution in [-0.4, -0.2) is 21.8 Å². The van der Waals surface area contributed by atoms with Crippen LogP contribution in [-0.2, 0) is 4.79 Å². The first-order valence-electron chi connectivity index (χ1n) is 11.1. The molecule has 6 rings (SSSR count). The number of ketones is 1. The number of H-pyrrole nitrogens is 1. The van der Waals surface area contributed by atoms with Crippen molar-refractivity contribution < 1.29 is 19.1 Å². The number of Topliss-reactive ketones (excluding diaryl/α,β-unsaturated/α-hetero) is 1. The summed E-state index contributed by atoms with van der Waals surface area (Å²) in [4.78, 5) is 31.9. The number of nitrogens with zero attached hydrogens (tertiary/aromatic N) is 1. The van der Waals surface area contributed by atoms with Gasteiger partial charge in [0.2, 0.25) is 5.78 Å². The zero-order chi connectivity index (χ0) is 24.3. The van der Waals surface area contributed by atoms with Crippen molar-refractivity contribution in [2.24, 2.45) is 0 Å². The maximum atomic E-state index is 13.8. The van der Waals surface area contributed by atoms with Gasteiger partial charge in [-0.3, -0.25) is 14.5 Å². The van der Waals surface area contributed by atoms with Crippen LogP contribution in [0.5, 0.6) is 0 Å². The molecule has 1 aliphatic heterocycles. The lowest BCUT2D eigenvalue weighted by atomic mass is 9.94. The van der Waals surface area contributed by atoms with Crippen molar-refractivity contribution in [3.63, 3.8) is 0 Å². The summed E-state index contributed by atoms with van der Waals surface area (Å²) in [6, 6.07) is 20.8. The molecule has 0 saturated heterocycles. The van der Waals surface area contributed by atoms with E-state index < -0.39 is 23.5 Å². The number of nitrogens with one attached hydrogen (secondary N) is 1. The molecule has 2 N–H and O–H groups in total. The third-order valence-electron chi connectivity index (χ3n) is 6.35. The maximum Gasteiger partial charge on any atom is 0.294 e. The van der Waals surface area contributed by atoms with Gasteiger partial charge >= 0.3 is 0 Å². The molecular formula is C28H19ClN2O4. The fraction of sp³-hybridized carbons (Fsp3) is 0.0714. The highest BCUT2D eigenvalue weighted by molar-refractivity contribution is 6.31. The number of carbonyl (C=O) groups is 2. The van der Waals surface area contributed by atoms with Gasteiger partial charge in [-0.15, -0.1) is 0 Å². The van der Waals surface area contributed by atoms with Crippen LogP contribution in [0, 0.1) is 6.92 Å².